The van der Waals surface area contributed by atoms with E-state index >= 15 is 0 Å². The molecule has 0 aromatic heterocycles. The first-order valence-electron chi connectivity index (χ1n) is 10.9. The number of benzene rings is 1. The topological polar surface area (TPSA) is 113 Å². The molecule has 1 aromatic rings. The summed E-state index contributed by atoms with van der Waals surface area (Å²) >= 11 is 0. The van der Waals surface area contributed by atoms with Crippen LogP contribution in [0.25, 0.3) is 0 Å². The predicted octanol–water partition coefficient (Wildman–Crippen LogP) is 5.68. The van der Waals surface area contributed by atoms with E-state index < -0.39 is 27.2 Å². The number of nitro benzene ring substituents is 2. The van der Waals surface area contributed by atoms with Crippen molar-refractivity contribution in [2.24, 2.45) is 23.7 Å². The summed E-state index contributed by atoms with van der Waals surface area (Å²) < 4.78 is 5.70. The number of hydrogen-bond acceptors (Lipinski definition) is 6. The van der Waals surface area contributed by atoms with Crippen molar-refractivity contribution in [3.63, 3.8) is 0 Å². The van der Waals surface area contributed by atoms with E-state index in [2.05, 4.69) is 13.8 Å². The molecule has 2 aliphatic carbocycles. The molecular formula is C22H30N2O6. The van der Waals surface area contributed by atoms with Gasteiger partial charge in [0.1, 0.15) is 6.10 Å². The SMILES string of the molecule is C[C@H](C[C@@H]1CCC[C@@H]1OC(=O)c1cc([N+](=O)[O-])cc([N+](=O)[O-])c1)[C@H]1CC[C@H](C)CC1. The molecule has 2 aliphatic rings. The average Bonchev–Trinajstić information content (AvgIpc) is 3.14. The highest BCUT2D eigenvalue weighted by atomic mass is 16.6. The highest BCUT2D eigenvalue weighted by Crippen LogP contribution is 2.40. The lowest BCUT2D eigenvalue weighted by Crippen LogP contribution is -2.27. The van der Waals surface area contributed by atoms with E-state index in [1.807, 2.05) is 0 Å². The predicted molar refractivity (Wildman–Crippen MR) is 111 cm³/mol. The maximum atomic E-state index is 12.7. The fourth-order valence-corrected chi connectivity index (χ4v) is 5.08. The number of nitrogens with zero attached hydrogens (tertiary/aromatic N) is 2. The van der Waals surface area contributed by atoms with E-state index in [9.17, 15) is 25.0 Å². The number of non-ortho nitro benzene ring substituents is 2. The number of nitro groups is 2. The molecule has 8 heteroatoms. The maximum absolute atomic E-state index is 12.7. The van der Waals surface area contributed by atoms with Gasteiger partial charge in [-0.3, -0.25) is 20.2 Å². The van der Waals surface area contributed by atoms with Crippen LogP contribution in [0.1, 0.15) is 75.6 Å². The van der Waals surface area contributed by atoms with E-state index in [1.165, 1.54) is 25.7 Å². The molecule has 8 nitrogen and oxygen atoms in total. The van der Waals surface area contributed by atoms with Crippen LogP contribution < -0.4 is 0 Å². The van der Waals surface area contributed by atoms with E-state index in [1.54, 1.807) is 0 Å². The number of carbonyl (C=O) groups excluding carboxylic acids is 1. The van der Waals surface area contributed by atoms with Crippen molar-refractivity contribution < 1.29 is 19.4 Å². The number of hydrogen-bond donors (Lipinski definition) is 0. The molecule has 0 heterocycles. The maximum Gasteiger partial charge on any atom is 0.338 e. The zero-order valence-corrected chi connectivity index (χ0v) is 17.6. The van der Waals surface area contributed by atoms with E-state index in [4.69, 9.17) is 4.74 Å². The Balaban J connectivity index is 1.65. The van der Waals surface area contributed by atoms with Crippen molar-refractivity contribution in [1.29, 1.82) is 0 Å². The van der Waals surface area contributed by atoms with Crippen LogP contribution in [0.2, 0.25) is 0 Å². The average molecular weight is 418 g/mol. The third-order valence-electron chi connectivity index (χ3n) is 6.95. The summed E-state index contributed by atoms with van der Waals surface area (Å²) in [6.45, 7) is 4.60. The molecule has 3 rings (SSSR count). The van der Waals surface area contributed by atoms with Gasteiger partial charge < -0.3 is 4.74 Å². The molecule has 0 unspecified atom stereocenters. The minimum absolute atomic E-state index is 0.143. The van der Waals surface area contributed by atoms with E-state index in [0.29, 0.717) is 5.92 Å². The number of rotatable bonds is 7. The number of esters is 1. The molecule has 3 atom stereocenters. The quantitative estimate of drug-likeness (QED) is 0.320. The van der Waals surface area contributed by atoms with Gasteiger partial charge in [-0.25, -0.2) is 4.79 Å². The minimum Gasteiger partial charge on any atom is -0.458 e. The van der Waals surface area contributed by atoms with Crippen molar-refractivity contribution in [3.05, 3.63) is 44.0 Å². The summed E-state index contributed by atoms with van der Waals surface area (Å²) in [5.41, 5.74) is -1.12. The summed E-state index contributed by atoms with van der Waals surface area (Å²) in [5.74, 6) is 1.65. The lowest BCUT2D eigenvalue weighted by Gasteiger charge is -2.33. The smallest absolute Gasteiger partial charge is 0.338 e. The monoisotopic (exact) mass is 418 g/mol. The first kappa shape index (κ1) is 22.2. The van der Waals surface area contributed by atoms with Gasteiger partial charge in [0, 0.05) is 12.1 Å². The summed E-state index contributed by atoms with van der Waals surface area (Å²) in [7, 11) is 0. The van der Waals surface area contributed by atoms with Crippen molar-refractivity contribution in [1.82, 2.24) is 0 Å². The molecule has 0 amide bonds. The minimum atomic E-state index is -0.741. The van der Waals surface area contributed by atoms with Crippen LogP contribution in [0.15, 0.2) is 18.2 Å². The number of ether oxygens (including phenoxy) is 1. The van der Waals surface area contributed by atoms with Gasteiger partial charge in [-0.2, -0.15) is 0 Å². The van der Waals surface area contributed by atoms with Crippen LogP contribution in [0, 0.1) is 43.9 Å². The van der Waals surface area contributed by atoms with Crippen LogP contribution in [-0.2, 0) is 4.74 Å². The molecule has 0 bridgehead atoms. The van der Waals surface area contributed by atoms with Crippen LogP contribution >= 0.6 is 0 Å². The largest absolute Gasteiger partial charge is 0.458 e. The second kappa shape index (κ2) is 9.53. The second-order valence-corrected chi connectivity index (χ2v) is 9.12. The molecule has 2 saturated carbocycles. The van der Waals surface area contributed by atoms with E-state index in [-0.39, 0.29) is 17.6 Å². The van der Waals surface area contributed by atoms with Gasteiger partial charge >= 0.3 is 5.97 Å². The zero-order chi connectivity index (χ0) is 21.8. The Hall–Kier alpha value is -2.51. The van der Waals surface area contributed by atoms with Crippen LogP contribution in [-0.4, -0.2) is 21.9 Å². The number of carbonyl (C=O) groups is 1. The summed E-state index contributed by atoms with van der Waals surface area (Å²) in [6, 6.07) is 2.94. The molecule has 0 radical (unpaired) electrons. The highest BCUT2D eigenvalue weighted by Gasteiger charge is 2.34. The normalized spacial score (nSPS) is 27.4. The van der Waals surface area contributed by atoms with Crippen LogP contribution in [0.5, 0.6) is 0 Å². The lowest BCUT2D eigenvalue weighted by atomic mass is 9.74. The highest BCUT2D eigenvalue weighted by molar-refractivity contribution is 5.91. The van der Waals surface area contributed by atoms with Crippen molar-refractivity contribution in [2.45, 2.75) is 71.3 Å². The molecule has 30 heavy (non-hydrogen) atoms. The molecule has 0 saturated heterocycles. The van der Waals surface area contributed by atoms with Gasteiger partial charge in [-0.1, -0.05) is 26.7 Å². The third-order valence-corrected chi connectivity index (χ3v) is 6.95. The van der Waals surface area contributed by atoms with Crippen molar-refractivity contribution in [3.8, 4) is 0 Å². The van der Waals surface area contributed by atoms with Gasteiger partial charge in [0.25, 0.3) is 11.4 Å². The Morgan fingerprint density at radius 3 is 2.20 bits per heavy atom. The fraction of sp³-hybridized carbons (Fsp3) is 0.682. The molecule has 2 fully saturated rings. The lowest BCUT2D eigenvalue weighted by molar-refractivity contribution is -0.394. The Labute approximate surface area is 176 Å². The summed E-state index contributed by atoms with van der Waals surface area (Å²) in [5, 5.41) is 22.1. The van der Waals surface area contributed by atoms with Gasteiger partial charge in [-0.05, 0) is 62.2 Å². The molecule has 164 valence electrons. The zero-order valence-electron chi connectivity index (χ0n) is 17.6. The first-order valence-corrected chi connectivity index (χ1v) is 10.9. The van der Waals surface area contributed by atoms with Gasteiger partial charge in [0.05, 0.1) is 21.5 Å². The first-order chi connectivity index (χ1) is 14.2. The molecule has 1 aromatic carbocycles. The van der Waals surface area contributed by atoms with Crippen LogP contribution in [0.4, 0.5) is 11.4 Å². The molecule has 0 N–H and O–H groups in total. The van der Waals surface area contributed by atoms with Crippen LogP contribution in [0.3, 0.4) is 0 Å². The molecular weight excluding hydrogens is 388 g/mol. The third kappa shape index (κ3) is 5.34. The summed E-state index contributed by atoms with van der Waals surface area (Å²) in [4.78, 5) is 33.3. The Kier molecular flexibility index (Phi) is 7.05. The van der Waals surface area contributed by atoms with Crippen molar-refractivity contribution in [2.75, 3.05) is 0 Å². The Morgan fingerprint density at radius 1 is 1.03 bits per heavy atom. The van der Waals surface area contributed by atoms with Gasteiger partial charge in [-0.15, -0.1) is 0 Å². The Bertz CT molecular complexity index is 771. The second-order valence-electron chi connectivity index (χ2n) is 9.12. The molecule has 0 aliphatic heterocycles. The van der Waals surface area contributed by atoms with Gasteiger partial charge in [0.15, 0.2) is 0 Å². The Morgan fingerprint density at radius 2 is 1.63 bits per heavy atom. The van der Waals surface area contributed by atoms with Crippen molar-refractivity contribution >= 4 is 17.3 Å². The standard InChI is InChI=1S/C22H30N2O6/c1-14-6-8-16(9-7-14)15(2)10-17-4-3-5-21(17)30-22(25)18-11-19(23(26)27)13-20(12-18)24(28)29/h11-17,21H,3-10H2,1-2H3/t14-,15-,16-,17+,21+/m1/s1. The summed E-state index contributed by atoms with van der Waals surface area (Å²) in [6.07, 6.45) is 8.60. The van der Waals surface area contributed by atoms with E-state index in [0.717, 1.165) is 55.7 Å². The van der Waals surface area contributed by atoms with Gasteiger partial charge in [0.2, 0.25) is 0 Å². The fourth-order valence-electron chi connectivity index (χ4n) is 5.08. The molecule has 0 spiro atoms.